The number of halogens is 2. The molecule has 0 radical (unpaired) electrons. The second-order valence-electron chi connectivity index (χ2n) is 5.71. The molecule has 4 aromatic rings. The average Bonchev–Trinajstić information content (AvgIpc) is 3.07. The lowest BCUT2D eigenvalue weighted by Crippen LogP contribution is -2.11. The molecule has 1 amide bonds. The van der Waals surface area contributed by atoms with E-state index in [2.05, 4.69) is 10.5 Å². The van der Waals surface area contributed by atoms with Gasteiger partial charge in [-0.3, -0.25) is 4.79 Å². The van der Waals surface area contributed by atoms with Crippen LogP contribution >= 0.6 is 11.6 Å². The molecule has 4 rings (SSSR count). The van der Waals surface area contributed by atoms with Crippen LogP contribution < -0.4 is 5.32 Å². The molecule has 0 aliphatic carbocycles. The number of nitrogens with one attached hydrogen (secondary N) is 1. The van der Waals surface area contributed by atoms with E-state index in [1.165, 1.54) is 24.3 Å². The highest BCUT2D eigenvalue weighted by Gasteiger charge is 2.14. The predicted octanol–water partition coefficient (Wildman–Crippen LogP) is 5.54. The van der Waals surface area contributed by atoms with Crippen molar-refractivity contribution in [1.29, 1.82) is 0 Å². The number of fused-ring (bicyclic) bond motifs is 1. The lowest BCUT2D eigenvalue weighted by molar-refractivity contribution is 0.102. The Hall–Kier alpha value is -3.18. The van der Waals surface area contributed by atoms with Crippen molar-refractivity contribution in [3.8, 4) is 11.3 Å². The lowest BCUT2D eigenvalue weighted by Gasteiger charge is -2.05. The highest BCUT2D eigenvalue weighted by molar-refractivity contribution is 6.30. The first-order valence-corrected chi connectivity index (χ1v) is 8.20. The van der Waals surface area contributed by atoms with Crippen LogP contribution in [0.25, 0.3) is 22.2 Å². The van der Waals surface area contributed by atoms with Gasteiger partial charge in [0.05, 0.1) is 5.39 Å². The summed E-state index contributed by atoms with van der Waals surface area (Å²) >= 11 is 5.92. The minimum Gasteiger partial charge on any atom is -0.355 e. The van der Waals surface area contributed by atoms with Crippen LogP contribution in [0, 0.1) is 5.82 Å². The van der Waals surface area contributed by atoms with Gasteiger partial charge in [0.2, 0.25) is 0 Å². The molecule has 0 aliphatic heterocycles. The van der Waals surface area contributed by atoms with E-state index >= 15 is 0 Å². The average molecular weight is 367 g/mol. The van der Waals surface area contributed by atoms with Gasteiger partial charge in [0.25, 0.3) is 5.91 Å². The van der Waals surface area contributed by atoms with Gasteiger partial charge in [-0.25, -0.2) is 4.39 Å². The number of hydrogen-bond donors (Lipinski definition) is 1. The fourth-order valence-corrected chi connectivity index (χ4v) is 2.75. The first-order valence-electron chi connectivity index (χ1n) is 7.82. The van der Waals surface area contributed by atoms with Gasteiger partial charge in [0, 0.05) is 21.8 Å². The summed E-state index contributed by atoms with van der Waals surface area (Å²) in [5.41, 5.74) is 2.42. The first-order chi connectivity index (χ1) is 12.6. The molecule has 0 saturated heterocycles. The Morgan fingerprint density at radius 1 is 1.00 bits per heavy atom. The number of carbonyl (C=O) groups is 1. The molecule has 1 aromatic heterocycles. The summed E-state index contributed by atoms with van der Waals surface area (Å²) in [4.78, 5) is 12.5. The predicted molar refractivity (Wildman–Crippen MR) is 98.8 cm³/mol. The van der Waals surface area contributed by atoms with Gasteiger partial charge in [-0.2, -0.15) is 0 Å². The Balaban J connectivity index is 1.68. The number of anilines is 1. The summed E-state index contributed by atoms with van der Waals surface area (Å²) in [6.07, 6.45) is 0. The van der Waals surface area contributed by atoms with Crippen LogP contribution in [-0.4, -0.2) is 11.1 Å². The van der Waals surface area contributed by atoms with E-state index in [1.807, 2.05) is 12.1 Å². The van der Waals surface area contributed by atoms with Crippen molar-refractivity contribution in [3.05, 3.63) is 83.1 Å². The minimum absolute atomic E-state index is 0.304. The smallest absolute Gasteiger partial charge is 0.255 e. The Morgan fingerprint density at radius 3 is 2.46 bits per heavy atom. The zero-order chi connectivity index (χ0) is 18.1. The molecule has 0 spiro atoms. The summed E-state index contributed by atoms with van der Waals surface area (Å²) in [6.45, 7) is 0. The van der Waals surface area contributed by atoms with E-state index in [4.69, 9.17) is 16.1 Å². The molecule has 0 aliphatic rings. The largest absolute Gasteiger partial charge is 0.355 e. The topological polar surface area (TPSA) is 55.1 Å². The second-order valence-corrected chi connectivity index (χ2v) is 6.15. The molecule has 128 valence electrons. The standard InChI is InChI=1S/C20H12ClFN2O2/c21-14-4-1-12(2-5-14)19-17-11-13(3-10-18(17)24-26-19)20(25)23-16-8-6-15(22)7-9-16/h1-11H,(H,23,25). The molecule has 0 unspecified atom stereocenters. The van der Waals surface area contributed by atoms with Crippen LogP contribution in [0.5, 0.6) is 0 Å². The Kier molecular flexibility index (Phi) is 4.14. The third-order valence-electron chi connectivity index (χ3n) is 3.95. The molecular weight excluding hydrogens is 355 g/mol. The Bertz CT molecular complexity index is 1090. The SMILES string of the molecule is O=C(Nc1ccc(F)cc1)c1ccc2noc(-c3ccc(Cl)cc3)c2c1. The zero-order valence-electron chi connectivity index (χ0n) is 13.4. The maximum absolute atomic E-state index is 13.0. The van der Waals surface area contributed by atoms with E-state index in [-0.39, 0.29) is 11.7 Å². The van der Waals surface area contributed by atoms with Gasteiger partial charge in [-0.1, -0.05) is 16.8 Å². The molecule has 26 heavy (non-hydrogen) atoms. The van der Waals surface area contributed by atoms with Crippen LogP contribution in [-0.2, 0) is 0 Å². The number of nitrogens with zero attached hydrogens (tertiary/aromatic N) is 1. The van der Waals surface area contributed by atoms with Gasteiger partial charge >= 0.3 is 0 Å². The monoisotopic (exact) mass is 366 g/mol. The van der Waals surface area contributed by atoms with E-state index in [9.17, 15) is 9.18 Å². The number of rotatable bonds is 3. The molecule has 4 nitrogen and oxygen atoms in total. The number of benzene rings is 3. The second kappa shape index (κ2) is 6.61. The van der Waals surface area contributed by atoms with Crippen LogP contribution in [0.3, 0.4) is 0 Å². The lowest BCUT2D eigenvalue weighted by atomic mass is 10.1. The molecule has 0 atom stereocenters. The van der Waals surface area contributed by atoms with Crippen LogP contribution in [0.4, 0.5) is 10.1 Å². The van der Waals surface area contributed by atoms with E-state index in [1.54, 1.807) is 30.3 Å². The third-order valence-corrected chi connectivity index (χ3v) is 4.20. The van der Waals surface area contributed by atoms with Crippen LogP contribution in [0.15, 0.2) is 71.3 Å². The normalized spacial score (nSPS) is 10.8. The molecule has 0 saturated carbocycles. The fourth-order valence-electron chi connectivity index (χ4n) is 2.63. The Morgan fingerprint density at radius 2 is 1.73 bits per heavy atom. The van der Waals surface area contributed by atoms with Gasteiger partial charge in [-0.15, -0.1) is 0 Å². The molecule has 1 heterocycles. The van der Waals surface area contributed by atoms with E-state index < -0.39 is 0 Å². The Labute approximate surface area is 153 Å². The van der Waals surface area contributed by atoms with Crippen molar-refractivity contribution < 1.29 is 13.7 Å². The number of carbonyl (C=O) groups excluding carboxylic acids is 1. The molecule has 0 fully saturated rings. The minimum atomic E-state index is -0.360. The van der Waals surface area contributed by atoms with Crippen molar-refractivity contribution >= 4 is 34.1 Å². The fraction of sp³-hybridized carbons (Fsp3) is 0. The summed E-state index contributed by atoms with van der Waals surface area (Å²) in [5.74, 6) is -0.101. The molecule has 6 heteroatoms. The number of aromatic nitrogens is 1. The summed E-state index contributed by atoms with van der Waals surface area (Å²) in [5, 5.41) is 8.11. The molecular formula is C20H12ClFN2O2. The molecule has 3 aromatic carbocycles. The molecule has 0 bridgehead atoms. The highest BCUT2D eigenvalue weighted by Crippen LogP contribution is 2.30. The van der Waals surface area contributed by atoms with Gasteiger partial charge in [0.1, 0.15) is 11.3 Å². The van der Waals surface area contributed by atoms with E-state index in [0.29, 0.717) is 27.6 Å². The maximum atomic E-state index is 13.0. The van der Waals surface area contributed by atoms with E-state index in [0.717, 1.165) is 10.9 Å². The van der Waals surface area contributed by atoms with Gasteiger partial charge in [-0.05, 0) is 66.7 Å². The van der Waals surface area contributed by atoms with Crippen molar-refractivity contribution in [3.63, 3.8) is 0 Å². The quantitative estimate of drug-likeness (QED) is 0.518. The maximum Gasteiger partial charge on any atom is 0.255 e. The van der Waals surface area contributed by atoms with Crippen molar-refractivity contribution in [2.45, 2.75) is 0 Å². The summed E-state index contributed by atoms with van der Waals surface area (Å²) in [7, 11) is 0. The van der Waals surface area contributed by atoms with Crippen molar-refractivity contribution in [1.82, 2.24) is 5.16 Å². The summed E-state index contributed by atoms with van der Waals surface area (Å²) < 4.78 is 18.4. The first kappa shape index (κ1) is 16.3. The van der Waals surface area contributed by atoms with Crippen molar-refractivity contribution in [2.75, 3.05) is 5.32 Å². The van der Waals surface area contributed by atoms with Crippen LogP contribution in [0.1, 0.15) is 10.4 Å². The molecule has 1 N–H and O–H groups in total. The number of amides is 1. The van der Waals surface area contributed by atoms with Gasteiger partial charge < -0.3 is 9.84 Å². The summed E-state index contributed by atoms with van der Waals surface area (Å²) in [6, 6.07) is 17.9. The van der Waals surface area contributed by atoms with Crippen molar-refractivity contribution in [2.24, 2.45) is 0 Å². The third kappa shape index (κ3) is 3.17. The number of hydrogen-bond acceptors (Lipinski definition) is 3. The zero-order valence-corrected chi connectivity index (χ0v) is 14.1. The highest BCUT2D eigenvalue weighted by atomic mass is 35.5. The van der Waals surface area contributed by atoms with Crippen LogP contribution in [0.2, 0.25) is 5.02 Å². The van der Waals surface area contributed by atoms with Gasteiger partial charge in [0.15, 0.2) is 5.76 Å².